The number of nitrogens with two attached hydrogens (primary N) is 1. The fraction of sp³-hybridized carbons (Fsp3) is 0.867. The van der Waals surface area contributed by atoms with Crippen LogP contribution >= 0.6 is 12.4 Å². The van der Waals surface area contributed by atoms with Crippen LogP contribution in [-0.2, 0) is 9.59 Å². The Balaban J connectivity index is 0.00000220. The van der Waals surface area contributed by atoms with Crippen molar-refractivity contribution in [3.05, 3.63) is 0 Å². The van der Waals surface area contributed by atoms with E-state index in [-0.39, 0.29) is 24.2 Å². The predicted octanol–water partition coefficient (Wildman–Crippen LogP) is 1.44. The fourth-order valence-corrected chi connectivity index (χ4v) is 3.38. The second kappa shape index (κ2) is 7.99. The highest BCUT2D eigenvalue weighted by molar-refractivity contribution is 5.90. The number of rotatable bonds is 4. The van der Waals surface area contributed by atoms with Crippen LogP contribution in [0.5, 0.6) is 0 Å². The van der Waals surface area contributed by atoms with Crippen molar-refractivity contribution < 1.29 is 9.59 Å². The molecule has 1 aliphatic heterocycles. The monoisotopic (exact) mass is 317 g/mol. The summed E-state index contributed by atoms with van der Waals surface area (Å²) in [5, 5.41) is 2.90. The normalized spacial score (nSPS) is 22.3. The van der Waals surface area contributed by atoms with E-state index in [4.69, 9.17) is 5.73 Å². The number of carbonyl (C=O) groups is 2. The molecule has 0 radical (unpaired) electrons. The maximum atomic E-state index is 12.4. The molecule has 6 heteroatoms. The highest BCUT2D eigenvalue weighted by Crippen LogP contribution is 2.37. The summed E-state index contributed by atoms with van der Waals surface area (Å²) in [6.45, 7) is 3.81. The lowest BCUT2D eigenvalue weighted by atomic mass is 9.85. The minimum Gasteiger partial charge on any atom is -0.344 e. The molecule has 2 aliphatic rings. The van der Waals surface area contributed by atoms with Gasteiger partial charge < -0.3 is 16.0 Å². The van der Waals surface area contributed by atoms with Crippen LogP contribution in [0, 0.1) is 5.41 Å². The number of likely N-dealkylation sites (tertiary alicyclic amines) is 1. The summed E-state index contributed by atoms with van der Waals surface area (Å²) >= 11 is 0. The van der Waals surface area contributed by atoms with Crippen LogP contribution in [0.4, 0.5) is 0 Å². The third-order valence-corrected chi connectivity index (χ3v) is 4.82. The molecule has 0 aromatic rings. The van der Waals surface area contributed by atoms with E-state index in [1.165, 1.54) is 6.42 Å². The predicted molar refractivity (Wildman–Crippen MR) is 85.2 cm³/mol. The van der Waals surface area contributed by atoms with E-state index in [0.29, 0.717) is 6.54 Å². The van der Waals surface area contributed by atoms with E-state index in [1.54, 1.807) is 6.92 Å². The fourth-order valence-electron chi connectivity index (χ4n) is 3.38. The van der Waals surface area contributed by atoms with Gasteiger partial charge in [-0.05, 0) is 39.0 Å². The number of hydrogen-bond donors (Lipinski definition) is 2. The molecular formula is C15H28ClN3O2. The maximum absolute atomic E-state index is 12.4. The Morgan fingerprint density at radius 3 is 2.24 bits per heavy atom. The van der Waals surface area contributed by atoms with Gasteiger partial charge in [0, 0.05) is 19.6 Å². The van der Waals surface area contributed by atoms with E-state index >= 15 is 0 Å². The van der Waals surface area contributed by atoms with Crippen LogP contribution in [0.25, 0.3) is 0 Å². The summed E-state index contributed by atoms with van der Waals surface area (Å²) in [5.41, 5.74) is 5.37. The standard InChI is InChI=1S/C15H27N3O2.ClH/c1-12(13(19)18-9-5-2-6-10-18)17-14(20)15(11-16)7-3-4-8-15;/h12H,2-11,16H2,1H3,(H,17,20);1H. The number of hydrogen-bond acceptors (Lipinski definition) is 3. The van der Waals surface area contributed by atoms with Crippen LogP contribution in [0.15, 0.2) is 0 Å². The highest BCUT2D eigenvalue weighted by Gasteiger charge is 2.40. The smallest absolute Gasteiger partial charge is 0.244 e. The molecule has 122 valence electrons. The first-order valence-corrected chi connectivity index (χ1v) is 7.89. The van der Waals surface area contributed by atoms with Gasteiger partial charge in [0.1, 0.15) is 6.04 Å². The zero-order valence-electron chi connectivity index (χ0n) is 12.9. The molecule has 1 saturated heterocycles. The van der Waals surface area contributed by atoms with E-state index in [0.717, 1.165) is 51.6 Å². The Bertz CT molecular complexity index is 364. The lowest BCUT2D eigenvalue weighted by Gasteiger charge is -2.32. The van der Waals surface area contributed by atoms with Crippen molar-refractivity contribution in [2.24, 2.45) is 11.1 Å². The Morgan fingerprint density at radius 1 is 1.14 bits per heavy atom. The first-order chi connectivity index (χ1) is 9.59. The topological polar surface area (TPSA) is 75.4 Å². The molecule has 1 atom stereocenters. The van der Waals surface area contributed by atoms with Gasteiger partial charge in [-0.15, -0.1) is 12.4 Å². The van der Waals surface area contributed by atoms with Crippen molar-refractivity contribution in [2.45, 2.75) is 57.9 Å². The van der Waals surface area contributed by atoms with Crippen LogP contribution in [-0.4, -0.2) is 42.4 Å². The second-order valence-corrected chi connectivity index (χ2v) is 6.27. The molecule has 3 N–H and O–H groups in total. The van der Waals surface area contributed by atoms with Gasteiger partial charge in [0.05, 0.1) is 5.41 Å². The average molecular weight is 318 g/mol. The Morgan fingerprint density at radius 2 is 1.71 bits per heavy atom. The Labute approximate surface area is 133 Å². The molecule has 0 aromatic heterocycles. The summed E-state index contributed by atoms with van der Waals surface area (Å²) in [6.07, 6.45) is 7.14. The van der Waals surface area contributed by atoms with E-state index in [2.05, 4.69) is 5.32 Å². The van der Waals surface area contributed by atoms with E-state index in [9.17, 15) is 9.59 Å². The molecule has 1 heterocycles. The lowest BCUT2D eigenvalue weighted by molar-refractivity contribution is -0.139. The minimum absolute atomic E-state index is 0. The average Bonchev–Trinajstić information content (AvgIpc) is 2.97. The number of halogens is 1. The molecule has 1 saturated carbocycles. The number of amides is 2. The van der Waals surface area contributed by atoms with Crippen molar-refractivity contribution in [1.29, 1.82) is 0 Å². The van der Waals surface area contributed by atoms with Crippen molar-refractivity contribution in [3.8, 4) is 0 Å². The summed E-state index contributed by atoms with van der Waals surface area (Å²) in [6, 6.07) is -0.440. The first-order valence-electron chi connectivity index (χ1n) is 7.89. The molecule has 1 unspecified atom stereocenters. The third kappa shape index (κ3) is 4.10. The molecule has 2 fully saturated rings. The molecule has 0 aromatic carbocycles. The molecule has 1 aliphatic carbocycles. The molecular weight excluding hydrogens is 290 g/mol. The zero-order valence-corrected chi connectivity index (χ0v) is 13.7. The van der Waals surface area contributed by atoms with Crippen LogP contribution in [0.3, 0.4) is 0 Å². The maximum Gasteiger partial charge on any atom is 0.244 e. The van der Waals surface area contributed by atoms with Gasteiger partial charge in [0.25, 0.3) is 0 Å². The Hall–Kier alpha value is -0.810. The van der Waals surface area contributed by atoms with Gasteiger partial charge in [0.15, 0.2) is 0 Å². The van der Waals surface area contributed by atoms with E-state index in [1.807, 2.05) is 4.90 Å². The molecule has 0 bridgehead atoms. The highest BCUT2D eigenvalue weighted by atomic mass is 35.5. The summed E-state index contributed by atoms with van der Waals surface area (Å²) in [7, 11) is 0. The summed E-state index contributed by atoms with van der Waals surface area (Å²) in [5.74, 6) is 0.0126. The largest absolute Gasteiger partial charge is 0.344 e. The summed E-state index contributed by atoms with van der Waals surface area (Å²) < 4.78 is 0. The number of piperidine rings is 1. The zero-order chi connectivity index (χ0) is 14.6. The van der Waals surface area contributed by atoms with Crippen molar-refractivity contribution >= 4 is 24.2 Å². The van der Waals surface area contributed by atoms with Gasteiger partial charge >= 0.3 is 0 Å². The van der Waals surface area contributed by atoms with Crippen molar-refractivity contribution in [2.75, 3.05) is 19.6 Å². The van der Waals surface area contributed by atoms with Crippen molar-refractivity contribution in [1.82, 2.24) is 10.2 Å². The molecule has 0 spiro atoms. The lowest BCUT2D eigenvalue weighted by Crippen LogP contribution is -2.53. The third-order valence-electron chi connectivity index (χ3n) is 4.82. The molecule has 2 rings (SSSR count). The number of carbonyl (C=O) groups excluding carboxylic acids is 2. The molecule has 2 amide bonds. The van der Waals surface area contributed by atoms with Crippen LogP contribution in [0.2, 0.25) is 0 Å². The van der Waals surface area contributed by atoms with Crippen LogP contribution < -0.4 is 11.1 Å². The quantitative estimate of drug-likeness (QED) is 0.824. The molecule has 5 nitrogen and oxygen atoms in total. The SMILES string of the molecule is CC(NC(=O)C1(CN)CCCC1)C(=O)N1CCCCC1.Cl. The Kier molecular flexibility index (Phi) is 6.94. The summed E-state index contributed by atoms with van der Waals surface area (Å²) in [4.78, 5) is 26.6. The van der Waals surface area contributed by atoms with Gasteiger partial charge in [0.2, 0.25) is 11.8 Å². The van der Waals surface area contributed by atoms with Gasteiger partial charge in [-0.2, -0.15) is 0 Å². The van der Waals surface area contributed by atoms with Crippen LogP contribution in [0.1, 0.15) is 51.9 Å². The van der Waals surface area contributed by atoms with E-state index < -0.39 is 11.5 Å². The second-order valence-electron chi connectivity index (χ2n) is 6.27. The molecule has 21 heavy (non-hydrogen) atoms. The first kappa shape index (κ1) is 18.2. The number of nitrogens with one attached hydrogen (secondary N) is 1. The van der Waals surface area contributed by atoms with Gasteiger partial charge in [-0.1, -0.05) is 12.8 Å². The van der Waals surface area contributed by atoms with Gasteiger partial charge in [-0.25, -0.2) is 0 Å². The van der Waals surface area contributed by atoms with Crippen molar-refractivity contribution in [3.63, 3.8) is 0 Å². The minimum atomic E-state index is -0.440. The van der Waals surface area contributed by atoms with Gasteiger partial charge in [-0.3, -0.25) is 9.59 Å². The number of nitrogens with zero attached hydrogens (tertiary/aromatic N) is 1.